The van der Waals surface area contributed by atoms with Crippen LogP contribution in [-0.2, 0) is 10.3 Å². The lowest BCUT2D eigenvalue weighted by Crippen LogP contribution is -2.34. The first-order valence-electron chi connectivity index (χ1n) is 5.36. The van der Waals surface area contributed by atoms with Crippen LogP contribution in [-0.4, -0.2) is 20.0 Å². The van der Waals surface area contributed by atoms with Crippen molar-refractivity contribution in [3.63, 3.8) is 0 Å². The zero-order valence-corrected chi connectivity index (χ0v) is 10.5. The second kappa shape index (κ2) is 4.63. The van der Waals surface area contributed by atoms with E-state index in [9.17, 15) is 4.39 Å². The molecule has 1 fully saturated rings. The molecule has 92 valence electrons. The summed E-state index contributed by atoms with van der Waals surface area (Å²) in [7, 11) is 3.23. The van der Waals surface area contributed by atoms with Crippen molar-refractivity contribution in [1.29, 1.82) is 0 Å². The van der Waals surface area contributed by atoms with E-state index in [2.05, 4.69) is 10.5 Å². The van der Waals surface area contributed by atoms with Gasteiger partial charge in [0.15, 0.2) is 0 Å². The Morgan fingerprint density at radius 3 is 2.71 bits per heavy atom. The SMILES string of the molecule is CN=C(NOC)C1(c2ccc(F)cc2Cl)CC1. The number of rotatable bonds is 3. The normalized spacial score (nSPS) is 18.0. The lowest BCUT2D eigenvalue weighted by atomic mass is 9.94. The average Bonchev–Trinajstić information content (AvgIpc) is 3.07. The van der Waals surface area contributed by atoms with Crippen molar-refractivity contribution in [1.82, 2.24) is 5.48 Å². The van der Waals surface area contributed by atoms with Gasteiger partial charge in [-0.1, -0.05) is 17.7 Å². The Balaban J connectivity index is 2.38. The number of hydrogen-bond acceptors (Lipinski definition) is 2. The first-order valence-corrected chi connectivity index (χ1v) is 5.73. The van der Waals surface area contributed by atoms with E-state index in [1.165, 1.54) is 19.2 Å². The minimum absolute atomic E-state index is 0.241. The first-order chi connectivity index (χ1) is 8.14. The molecule has 0 amide bonds. The Labute approximate surface area is 105 Å². The third kappa shape index (κ3) is 2.15. The van der Waals surface area contributed by atoms with E-state index in [-0.39, 0.29) is 11.2 Å². The van der Waals surface area contributed by atoms with E-state index < -0.39 is 0 Å². The Hall–Kier alpha value is -1.13. The van der Waals surface area contributed by atoms with Crippen molar-refractivity contribution in [2.75, 3.05) is 14.2 Å². The Morgan fingerprint density at radius 1 is 1.53 bits per heavy atom. The van der Waals surface area contributed by atoms with Gasteiger partial charge >= 0.3 is 0 Å². The van der Waals surface area contributed by atoms with Crippen molar-refractivity contribution in [3.8, 4) is 0 Å². The molecule has 0 atom stereocenters. The van der Waals surface area contributed by atoms with E-state index in [1.54, 1.807) is 13.1 Å². The molecule has 17 heavy (non-hydrogen) atoms. The molecule has 2 rings (SSSR count). The summed E-state index contributed by atoms with van der Waals surface area (Å²) in [5, 5.41) is 0.432. The van der Waals surface area contributed by atoms with Gasteiger partial charge in [-0.3, -0.25) is 15.3 Å². The molecular formula is C12H14ClFN2O. The molecule has 0 bridgehead atoms. The number of benzene rings is 1. The number of hydrogen-bond donors (Lipinski definition) is 1. The highest BCUT2D eigenvalue weighted by Crippen LogP contribution is 2.51. The predicted molar refractivity (Wildman–Crippen MR) is 65.8 cm³/mol. The van der Waals surface area contributed by atoms with Crippen molar-refractivity contribution in [2.45, 2.75) is 18.3 Å². The molecular weight excluding hydrogens is 243 g/mol. The van der Waals surface area contributed by atoms with Crippen LogP contribution in [0.2, 0.25) is 5.02 Å². The van der Waals surface area contributed by atoms with E-state index in [0.717, 1.165) is 24.2 Å². The quantitative estimate of drug-likeness (QED) is 0.513. The Morgan fingerprint density at radius 2 is 2.24 bits per heavy atom. The largest absolute Gasteiger partial charge is 0.278 e. The van der Waals surface area contributed by atoms with Crippen LogP contribution in [0.4, 0.5) is 4.39 Å². The molecule has 0 aromatic heterocycles. The summed E-state index contributed by atoms with van der Waals surface area (Å²) in [5.41, 5.74) is 3.43. The van der Waals surface area contributed by atoms with Crippen LogP contribution < -0.4 is 5.48 Å². The summed E-state index contributed by atoms with van der Waals surface area (Å²) < 4.78 is 13.0. The van der Waals surface area contributed by atoms with Crippen LogP contribution in [0.3, 0.4) is 0 Å². The minimum atomic E-state index is -0.329. The monoisotopic (exact) mass is 256 g/mol. The molecule has 1 N–H and O–H groups in total. The maximum atomic E-state index is 13.0. The first kappa shape index (κ1) is 12.3. The molecule has 1 saturated carbocycles. The van der Waals surface area contributed by atoms with E-state index in [1.807, 2.05) is 0 Å². The topological polar surface area (TPSA) is 33.6 Å². The summed E-state index contributed by atoms with van der Waals surface area (Å²) in [5.74, 6) is 0.401. The van der Waals surface area contributed by atoms with Crippen molar-refractivity contribution >= 4 is 17.4 Å². The van der Waals surface area contributed by atoms with Gasteiger partial charge in [0.25, 0.3) is 0 Å². The Kier molecular flexibility index (Phi) is 3.35. The van der Waals surface area contributed by atoms with E-state index >= 15 is 0 Å². The smallest absolute Gasteiger partial charge is 0.131 e. The van der Waals surface area contributed by atoms with Gasteiger partial charge < -0.3 is 0 Å². The van der Waals surface area contributed by atoms with Crippen molar-refractivity contribution in [2.24, 2.45) is 4.99 Å². The van der Waals surface area contributed by atoms with Gasteiger partial charge in [-0.15, -0.1) is 0 Å². The number of nitrogens with zero attached hydrogens (tertiary/aromatic N) is 1. The van der Waals surface area contributed by atoms with Crippen molar-refractivity contribution < 1.29 is 9.23 Å². The maximum absolute atomic E-state index is 13.0. The second-order valence-corrected chi connectivity index (χ2v) is 4.49. The van der Waals surface area contributed by atoms with Gasteiger partial charge in [-0.2, -0.15) is 0 Å². The zero-order valence-electron chi connectivity index (χ0n) is 9.76. The van der Waals surface area contributed by atoms with Gasteiger partial charge in [-0.25, -0.2) is 4.39 Å². The van der Waals surface area contributed by atoms with Crippen LogP contribution in [0.15, 0.2) is 23.2 Å². The number of aliphatic imine (C=N–C) groups is 1. The van der Waals surface area contributed by atoms with E-state index in [4.69, 9.17) is 16.4 Å². The number of halogens is 2. The fraction of sp³-hybridized carbons (Fsp3) is 0.417. The fourth-order valence-electron chi connectivity index (χ4n) is 2.09. The molecule has 0 radical (unpaired) electrons. The minimum Gasteiger partial charge on any atom is -0.278 e. The third-order valence-corrected chi connectivity index (χ3v) is 3.39. The molecule has 0 aliphatic heterocycles. The number of nitrogens with one attached hydrogen (secondary N) is 1. The summed E-state index contributed by atoms with van der Waals surface area (Å²) in [6.07, 6.45) is 1.86. The van der Waals surface area contributed by atoms with Crippen LogP contribution in [0.5, 0.6) is 0 Å². The summed E-state index contributed by atoms with van der Waals surface area (Å²) in [4.78, 5) is 9.09. The van der Waals surface area contributed by atoms with Gasteiger partial charge in [0.05, 0.1) is 12.5 Å². The summed E-state index contributed by atoms with van der Waals surface area (Å²) in [6, 6.07) is 4.46. The molecule has 0 heterocycles. The lowest BCUT2D eigenvalue weighted by molar-refractivity contribution is 0.141. The van der Waals surface area contributed by atoms with Gasteiger partial charge in [0.1, 0.15) is 11.7 Å². The fourth-order valence-corrected chi connectivity index (χ4v) is 2.44. The molecule has 3 nitrogen and oxygen atoms in total. The predicted octanol–water partition coefficient (Wildman–Crippen LogP) is 2.69. The zero-order chi connectivity index (χ0) is 12.5. The molecule has 5 heteroatoms. The molecule has 0 unspecified atom stereocenters. The summed E-state index contributed by atoms with van der Waals surface area (Å²) >= 11 is 6.09. The Bertz CT molecular complexity index is 458. The third-order valence-electron chi connectivity index (χ3n) is 3.07. The molecule has 1 aromatic carbocycles. The molecule has 1 aliphatic rings. The van der Waals surface area contributed by atoms with Crippen molar-refractivity contribution in [3.05, 3.63) is 34.6 Å². The average molecular weight is 257 g/mol. The van der Waals surface area contributed by atoms with Gasteiger partial charge in [0.2, 0.25) is 0 Å². The van der Waals surface area contributed by atoms with Crippen LogP contribution in [0, 0.1) is 5.82 Å². The van der Waals surface area contributed by atoms with E-state index in [0.29, 0.717) is 5.02 Å². The highest BCUT2D eigenvalue weighted by atomic mass is 35.5. The molecule has 0 saturated heterocycles. The second-order valence-electron chi connectivity index (χ2n) is 4.08. The molecule has 1 aromatic rings. The molecule has 1 aliphatic carbocycles. The van der Waals surface area contributed by atoms with Crippen LogP contribution in [0.1, 0.15) is 18.4 Å². The number of amidine groups is 1. The lowest BCUT2D eigenvalue weighted by Gasteiger charge is -2.19. The van der Waals surface area contributed by atoms with Crippen LogP contribution in [0.25, 0.3) is 0 Å². The number of hydroxylamine groups is 1. The van der Waals surface area contributed by atoms with Crippen LogP contribution >= 0.6 is 11.6 Å². The molecule has 0 spiro atoms. The highest BCUT2D eigenvalue weighted by molar-refractivity contribution is 6.32. The maximum Gasteiger partial charge on any atom is 0.131 e. The summed E-state index contributed by atoms with van der Waals surface area (Å²) in [6.45, 7) is 0. The van der Waals surface area contributed by atoms with Gasteiger partial charge in [-0.05, 0) is 30.5 Å². The standard InChI is InChI=1S/C12H14ClFN2O/c1-15-11(16-17-2)12(5-6-12)9-4-3-8(14)7-10(9)13/h3-4,7H,5-6H2,1-2H3,(H,15,16). The van der Waals surface area contributed by atoms with Gasteiger partial charge in [0, 0.05) is 12.1 Å². The highest BCUT2D eigenvalue weighted by Gasteiger charge is 2.50.